The largest absolute Gasteiger partial charge is 0.460 e. The molecule has 17 nitrogen and oxygen atoms in total. The number of nitrogens with one attached hydrogen (secondary N) is 5. The summed E-state index contributed by atoms with van der Waals surface area (Å²) in [5, 5.41) is 15.4. The molecular formula is C55H72F3IN10O7S. The number of azide groups is 1. The summed E-state index contributed by atoms with van der Waals surface area (Å²) in [5.74, 6) is -5.56. The van der Waals surface area contributed by atoms with Crippen molar-refractivity contribution in [3.8, 4) is 10.4 Å². The minimum absolute atomic E-state index is 0.00924. The monoisotopic (exact) mass is 1200 g/mol. The minimum atomic E-state index is -1.32. The summed E-state index contributed by atoms with van der Waals surface area (Å²) in [5.41, 5.74) is 13.8. The quantitative estimate of drug-likeness (QED) is 0.00609. The number of ether oxygens (including phenoxy) is 1. The molecule has 1 aliphatic heterocycles. The number of aromatic nitrogens is 1. The molecule has 0 spiro atoms. The highest BCUT2D eigenvalue weighted by molar-refractivity contribution is 14.1. The Morgan fingerprint density at radius 1 is 0.883 bits per heavy atom. The lowest BCUT2D eigenvalue weighted by Gasteiger charge is -2.35. The van der Waals surface area contributed by atoms with E-state index < -0.39 is 76.5 Å². The van der Waals surface area contributed by atoms with Crippen molar-refractivity contribution in [3.63, 3.8) is 0 Å². The Balaban J connectivity index is 0.985. The van der Waals surface area contributed by atoms with Crippen molar-refractivity contribution in [2.45, 2.75) is 149 Å². The summed E-state index contributed by atoms with van der Waals surface area (Å²) >= 11 is 3.48. The van der Waals surface area contributed by atoms with E-state index in [1.165, 1.54) is 17.0 Å². The maximum atomic E-state index is 14.7. The Bertz CT molecular complexity index is 2650. The van der Waals surface area contributed by atoms with Crippen LogP contribution in [-0.2, 0) is 28.8 Å². The third-order valence-electron chi connectivity index (χ3n) is 13.1. The standard InChI is InChI=1S/C55H72F3IN10O7S/c1-35(37-19-21-38(22-20-37)50-36(2)62-34-77-50)64-53(73)45-32-40(76-47(71)18-13-15-29-63-68-60)33-69(45)54(74)51(55(3,4)5)66-46(70)17-12-10-8-6-7-9-11-14-27-61-28-16-30-75-67-52(72)41-24-25-42(56)48(58)49(41)65-44-26-23-39(59)31-43(44)57/h19-26,31,34-35,40,45,51,61,65H,6-18,27-30,32-33H2,1-5H3,(H,64,73)(H,66,70)(H,67,72)/t35?,40-,45+,51?/m1/s1. The van der Waals surface area contributed by atoms with Crippen LogP contribution in [0.25, 0.3) is 20.9 Å². The predicted molar refractivity (Wildman–Crippen MR) is 299 cm³/mol. The number of hydroxylamine groups is 1. The minimum Gasteiger partial charge on any atom is -0.460 e. The van der Waals surface area contributed by atoms with Gasteiger partial charge in [0.05, 0.1) is 52.2 Å². The molecule has 77 heavy (non-hydrogen) atoms. The van der Waals surface area contributed by atoms with Crippen LogP contribution in [0.2, 0.25) is 0 Å². The SMILES string of the molecule is Cc1ncsc1-c1ccc(C(C)NC(=O)[C@@H]2C[C@@H](OC(=O)CCCCN=[N+]=[N-])CN2C(=O)C(NC(=O)CCCCCCCCCCNCCCONC(=O)c2ccc(F)c(F)c2Nc2ccc(I)cc2F)C(C)(C)C)cc1. The fourth-order valence-electron chi connectivity index (χ4n) is 8.81. The first-order valence-electron chi connectivity index (χ1n) is 26.3. The van der Waals surface area contributed by atoms with Crippen molar-refractivity contribution >= 4 is 74.9 Å². The van der Waals surface area contributed by atoms with Crippen molar-refractivity contribution in [3.05, 3.63) is 108 Å². The van der Waals surface area contributed by atoms with E-state index >= 15 is 0 Å². The second-order valence-electron chi connectivity index (χ2n) is 20.2. The van der Waals surface area contributed by atoms with Gasteiger partial charge in [-0.2, -0.15) is 0 Å². The zero-order chi connectivity index (χ0) is 55.9. The smallest absolute Gasteiger partial charge is 0.306 e. The number of hydrogen-bond acceptors (Lipinski definition) is 12. The molecule has 5 N–H and O–H groups in total. The number of halogens is 4. The van der Waals surface area contributed by atoms with Crippen LogP contribution in [-0.4, -0.2) is 90.5 Å². The molecule has 4 aromatic rings. The summed E-state index contributed by atoms with van der Waals surface area (Å²) in [6.07, 6.45) is 8.92. The van der Waals surface area contributed by atoms with Gasteiger partial charge in [0.25, 0.3) is 5.91 Å². The van der Waals surface area contributed by atoms with Gasteiger partial charge in [0.15, 0.2) is 11.6 Å². The maximum Gasteiger partial charge on any atom is 0.306 e. The summed E-state index contributed by atoms with van der Waals surface area (Å²) in [6, 6.07) is 11.7. The number of likely N-dealkylation sites (tertiary alicyclic amines) is 1. The first-order chi connectivity index (χ1) is 36.9. The first kappa shape index (κ1) is 62.0. The number of aryl methyl sites for hydroxylation is 1. The molecule has 2 unspecified atom stereocenters. The second kappa shape index (κ2) is 31.6. The van der Waals surface area contributed by atoms with Gasteiger partial charge >= 0.3 is 5.97 Å². The average molecular weight is 1200 g/mol. The van der Waals surface area contributed by atoms with Gasteiger partial charge in [0.1, 0.15) is 24.0 Å². The molecule has 4 atom stereocenters. The van der Waals surface area contributed by atoms with Crippen molar-refractivity contribution in [2.24, 2.45) is 10.5 Å². The summed E-state index contributed by atoms with van der Waals surface area (Å²) in [6.45, 7) is 11.3. The molecule has 1 aromatic heterocycles. The van der Waals surface area contributed by atoms with Crippen LogP contribution in [0, 0.1) is 33.4 Å². The average Bonchev–Trinajstić information content (AvgIpc) is 4.04. The van der Waals surface area contributed by atoms with Crippen LogP contribution in [0.15, 0.2) is 65.2 Å². The molecule has 1 saturated heterocycles. The fourth-order valence-corrected chi connectivity index (χ4v) is 10.1. The molecule has 4 amide bonds. The number of amides is 4. The van der Waals surface area contributed by atoms with E-state index in [2.05, 4.69) is 41.8 Å². The molecule has 0 aliphatic carbocycles. The molecule has 0 bridgehead atoms. The van der Waals surface area contributed by atoms with Gasteiger partial charge in [0.2, 0.25) is 17.7 Å². The van der Waals surface area contributed by atoms with E-state index in [0.29, 0.717) is 35.8 Å². The number of unbranched alkanes of at least 4 members (excludes halogenated alkanes) is 8. The molecular weight excluding hydrogens is 1130 g/mol. The first-order valence-corrected chi connectivity index (χ1v) is 28.3. The Morgan fingerprint density at radius 2 is 1.57 bits per heavy atom. The highest BCUT2D eigenvalue weighted by Crippen LogP contribution is 2.32. The van der Waals surface area contributed by atoms with E-state index in [9.17, 15) is 37.1 Å². The number of nitrogens with zero attached hydrogens (tertiary/aromatic N) is 5. The van der Waals surface area contributed by atoms with Gasteiger partial charge in [0, 0.05) is 34.3 Å². The van der Waals surface area contributed by atoms with Gasteiger partial charge in [-0.25, -0.2) is 23.6 Å². The second-order valence-corrected chi connectivity index (χ2v) is 22.3. The fraction of sp³-hybridized carbons (Fsp3) is 0.527. The van der Waals surface area contributed by atoms with E-state index in [-0.39, 0.29) is 56.1 Å². The highest BCUT2D eigenvalue weighted by Gasteiger charge is 2.46. The summed E-state index contributed by atoms with van der Waals surface area (Å²) in [7, 11) is 0. The topological polar surface area (TPSA) is 229 Å². The molecule has 3 aromatic carbocycles. The lowest BCUT2D eigenvalue weighted by Crippen LogP contribution is -2.57. The van der Waals surface area contributed by atoms with Crippen molar-refractivity contribution < 1.29 is 46.7 Å². The molecule has 2 heterocycles. The number of hydrogen-bond donors (Lipinski definition) is 5. The summed E-state index contributed by atoms with van der Waals surface area (Å²) in [4.78, 5) is 82.6. The predicted octanol–water partition coefficient (Wildman–Crippen LogP) is 11.4. The number of anilines is 2. The van der Waals surface area contributed by atoms with Crippen molar-refractivity contribution in [1.82, 2.24) is 31.3 Å². The lowest BCUT2D eigenvalue weighted by molar-refractivity contribution is -0.149. The molecule has 5 rings (SSSR count). The lowest BCUT2D eigenvalue weighted by atomic mass is 9.85. The third kappa shape index (κ3) is 19.9. The number of carbonyl (C=O) groups excluding carboxylic acids is 5. The van der Waals surface area contributed by atoms with Crippen molar-refractivity contribution in [2.75, 3.05) is 38.1 Å². The molecule has 1 fully saturated rings. The molecule has 1 aliphatic rings. The zero-order valence-electron chi connectivity index (χ0n) is 44.5. The van der Waals surface area contributed by atoms with E-state index in [1.54, 1.807) is 22.9 Å². The van der Waals surface area contributed by atoms with Crippen LogP contribution < -0.4 is 26.7 Å². The van der Waals surface area contributed by atoms with Gasteiger partial charge in [-0.15, -0.1) is 11.3 Å². The maximum absolute atomic E-state index is 14.7. The van der Waals surface area contributed by atoms with Gasteiger partial charge in [-0.1, -0.05) is 88.7 Å². The van der Waals surface area contributed by atoms with Gasteiger partial charge in [-0.05, 0) is 134 Å². The molecule has 22 heteroatoms. The van der Waals surface area contributed by atoms with Gasteiger partial charge in [-0.3, -0.25) is 28.8 Å². The number of benzene rings is 3. The van der Waals surface area contributed by atoms with Crippen LogP contribution in [0.3, 0.4) is 0 Å². The molecule has 0 radical (unpaired) electrons. The van der Waals surface area contributed by atoms with Crippen molar-refractivity contribution in [1.29, 1.82) is 0 Å². The van der Waals surface area contributed by atoms with E-state index in [1.807, 2.05) is 81.5 Å². The Labute approximate surface area is 466 Å². The molecule has 418 valence electrons. The Morgan fingerprint density at radius 3 is 2.25 bits per heavy atom. The summed E-state index contributed by atoms with van der Waals surface area (Å²) < 4.78 is 49.6. The number of esters is 1. The number of rotatable bonds is 31. The van der Waals surface area contributed by atoms with E-state index in [0.717, 1.165) is 85.3 Å². The number of thiazole rings is 1. The third-order valence-corrected chi connectivity index (χ3v) is 14.7. The van der Waals surface area contributed by atoms with Crippen LogP contribution in [0.1, 0.15) is 145 Å². The van der Waals surface area contributed by atoms with Crippen LogP contribution in [0.4, 0.5) is 24.5 Å². The zero-order valence-corrected chi connectivity index (χ0v) is 47.5. The van der Waals surface area contributed by atoms with E-state index in [4.69, 9.17) is 15.1 Å². The normalized spacial score (nSPS) is 15.1. The Hall–Kier alpha value is -5.81. The van der Waals surface area contributed by atoms with Crippen LogP contribution >= 0.6 is 33.9 Å². The molecule has 0 saturated carbocycles. The van der Waals surface area contributed by atoms with Gasteiger partial charge < -0.3 is 30.9 Å². The number of carbonyl (C=O) groups is 5. The highest BCUT2D eigenvalue weighted by atomic mass is 127. The Kier molecular flexibility index (Phi) is 25.4. The van der Waals surface area contributed by atoms with Crippen LogP contribution in [0.5, 0.6) is 0 Å².